The van der Waals surface area contributed by atoms with Crippen molar-refractivity contribution in [2.45, 2.75) is 0 Å². The number of rotatable bonds is 3. The van der Waals surface area contributed by atoms with Gasteiger partial charge in [-0.25, -0.2) is 9.48 Å². The van der Waals surface area contributed by atoms with E-state index in [0.29, 0.717) is 11.3 Å². The quantitative estimate of drug-likeness (QED) is 0.784. The van der Waals surface area contributed by atoms with E-state index in [1.165, 1.54) is 24.7 Å². The number of pyridine rings is 1. The molecule has 6 heteroatoms. The number of carbonyl (C=O) groups is 1. The Kier molecular flexibility index (Phi) is 2.96. The number of benzene rings is 1. The van der Waals surface area contributed by atoms with Gasteiger partial charge in [0, 0.05) is 18.0 Å². The predicted octanol–water partition coefficient (Wildman–Crippen LogP) is 2.03. The van der Waals surface area contributed by atoms with Crippen molar-refractivity contribution in [2.24, 2.45) is 0 Å². The molecule has 0 unspecified atom stereocenters. The van der Waals surface area contributed by atoms with E-state index in [9.17, 15) is 9.90 Å². The van der Waals surface area contributed by atoms with Gasteiger partial charge in [-0.3, -0.25) is 4.98 Å². The third-order valence-electron chi connectivity index (χ3n) is 2.88. The van der Waals surface area contributed by atoms with E-state index >= 15 is 0 Å². The van der Waals surface area contributed by atoms with E-state index in [2.05, 4.69) is 15.3 Å². The van der Waals surface area contributed by atoms with Gasteiger partial charge < -0.3 is 5.11 Å². The zero-order valence-electron chi connectivity index (χ0n) is 10.3. The van der Waals surface area contributed by atoms with Crippen LogP contribution in [0.4, 0.5) is 0 Å². The number of nitrogens with zero attached hydrogens (tertiary/aromatic N) is 4. The Hall–Kier alpha value is -3.02. The lowest BCUT2D eigenvalue weighted by Crippen LogP contribution is -2.04. The molecule has 20 heavy (non-hydrogen) atoms. The molecule has 1 N–H and O–H groups in total. The fourth-order valence-corrected chi connectivity index (χ4v) is 1.96. The molecule has 3 aromatic rings. The van der Waals surface area contributed by atoms with E-state index in [1.807, 2.05) is 30.3 Å². The minimum atomic E-state index is -1.01. The molecule has 0 amide bonds. The van der Waals surface area contributed by atoms with Gasteiger partial charge in [0.1, 0.15) is 0 Å². The van der Waals surface area contributed by atoms with E-state index in [1.54, 1.807) is 4.68 Å². The molecule has 0 aliphatic rings. The molecule has 0 saturated heterocycles. The summed E-state index contributed by atoms with van der Waals surface area (Å²) >= 11 is 0. The smallest absolute Gasteiger partial charge is 0.336 e. The Labute approximate surface area is 114 Å². The Bertz CT molecular complexity index is 753. The molecule has 1 aromatic carbocycles. The minimum Gasteiger partial charge on any atom is -0.478 e. The number of para-hydroxylation sites is 1. The van der Waals surface area contributed by atoms with E-state index in [0.717, 1.165) is 5.69 Å². The van der Waals surface area contributed by atoms with Gasteiger partial charge in [0.15, 0.2) is 0 Å². The van der Waals surface area contributed by atoms with Gasteiger partial charge >= 0.3 is 5.97 Å². The monoisotopic (exact) mass is 266 g/mol. The van der Waals surface area contributed by atoms with Gasteiger partial charge in [0.25, 0.3) is 0 Å². The van der Waals surface area contributed by atoms with Crippen LogP contribution in [0.3, 0.4) is 0 Å². The van der Waals surface area contributed by atoms with Crippen molar-refractivity contribution in [1.29, 1.82) is 0 Å². The highest BCUT2D eigenvalue weighted by Crippen LogP contribution is 2.24. The number of carboxylic acid groups (broad SMARTS) is 1. The van der Waals surface area contributed by atoms with Crippen LogP contribution in [0.2, 0.25) is 0 Å². The number of aromatic nitrogens is 4. The first-order chi connectivity index (χ1) is 9.77. The van der Waals surface area contributed by atoms with Crippen molar-refractivity contribution in [1.82, 2.24) is 20.0 Å². The molecule has 0 fully saturated rings. The molecule has 2 heterocycles. The van der Waals surface area contributed by atoms with Crippen molar-refractivity contribution in [3.05, 3.63) is 60.6 Å². The van der Waals surface area contributed by atoms with Crippen LogP contribution in [-0.4, -0.2) is 31.1 Å². The van der Waals surface area contributed by atoms with Crippen LogP contribution < -0.4 is 0 Å². The fraction of sp³-hybridized carbons (Fsp3) is 0. The summed E-state index contributed by atoms with van der Waals surface area (Å²) in [5.74, 6) is -1.01. The largest absolute Gasteiger partial charge is 0.478 e. The molecule has 0 bridgehead atoms. The first kappa shape index (κ1) is 12.0. The number of hydrogen-bond acceptors (Lipinski definition) is 4. The van der Waals surface area contributed by atoms with E-state index < -0.39 is 5.97 Å². The van der Waals surface area contributed by atoms with Gasteiger partial charge in [-0.15, -0.1) is 5.10 Å². The Morgan fingerprint density at radius 1 is 1.10 bits per heavy atom. The fourth-order valence-electron chi connectivity index (χ4n) is 1.96. The van der Waals surface area contributed by atoms with Crippen LogP contribution in [0.25, 0.3) is 16.9 Å². The summed E-state index contributed by atoms with van der Waals surface area (Å²) in [6.45, 7) is 0. The van der Waals surface area contributed by atoms with Crippen LogP contribution >= 0.6 is 0 Å². The lowest BCUT2D eigenvalue weighted by molar-refractivity contribution is 0.0697. The topological polar surface area (TPSA) is 80.9 Å². The number of aromatic carboxylic acids is 1. The summed E-state index contributed by atoms with van der Waals surface area (Å²) < 4.78 is 1.59. The second kappa shape index (κ2) is 4.93. The molecule has 6 nitrogen and oxygen atoms in total. The first-order valence-corrected chi connectivity index (χ1v) is 5.91. The highest BCUT2D eigenvalue weighted by atomic mass is 16.4. The first-order valence-electron chi connectivity index (χ1n) is 5.91. The van der Waals surface area contributed by atoms with Gasteiger partial charge in [-0.1, -0.05) is 23.4 Å². The predicted molar refractivity (Wildman–Crippen MR) is 71.5 cm³/mol. The molecule has 0 saturated carbocycles. The van der Waals surface area contributed by atoms with Crippen molar-refractivity contribution >= 4 is 5.97 Å². The second-order valence-corrected chi connectivity index (χ2v) is 4.09. The van der Waals surface area contributed by atoms with Crippen molar-refractivity contribution < 1.29 is 9.90 Å². The van der Waals surface area contributed by atoms with Crippen molar-refractivity contribution in [3.63, 3.8) is 0 Å². The van der Waals surface area contributed by atoms with Gasteiger partial charge in [-0.05, 0) is 18.2 Å². The third-order valence-corrected chi connectivity index (χ3v) is 2.88. The molecule has 0 aliphatic carbocycles. The lowest BCUT2D eigenvalue weighted by Gasteiger charge is -2.07. The molecule has 0 spiro atoms. The van der Waals surface area contributed by atoms with Crippen LogP contribution in [0.15, 0.2) is 55.0 Å². The maximum atomic E-state index is 11.3. The molecule has 3 rings (SSSR count). The molecule has 0 radical (unpaired) electrons. The summed E-state index contributed by atoms with van der Waals surface area (Å²) in [5, 5.41) is 17.1. The Morgan fingerprint density at radius 2 is 1.90 bits per heavy atom. The molecule has 0 atom stereocenters. The van der Waals surface area contributed by atoms with Crippen LogP contribution in [0.1, 0.15) is 10.4 Å². The van der Waals surface area contributed by atoms with E-state index in [4.69, 9.17) is 0 Å². The molecule has 98 valence electrons. The van der Waals surface area contributed by atoms with Gasteiger partial charge in [0.2, 0.25) is 0 Å². The SMILES string of the molecule is O=C(O)c1ccncc1-c1cnnn1-c1ccccc1. The third kappa shape index (κ3) is 2.03. The van der Waals surface area contributed by atoms with Crippen LogP contribution in [0, 0.1) is 0 Å². The highest BCUT2D eigenvalue weighted by Gasteiger charge is 2.16. The van der Waals surface area contributed by atoms with Gasteiger partial charge in [0.05, 0.1) is 23.1 Å². The van der Waals surface area contributed by atoms with Crippen LogP contribution in [-0.2, 0) is 0 Å². The summed E-state index contributed by atoms with van der Waals surface area (Å²) in [7, 11) is 0. The zero-order valence-corrected chi connectivity index (χ0v) is 10.3. The summed E-state index contributed by atoms with van der Waals surface area (Å²) in [6.07, 6.45) is 4.47. The second-order valence-electron chi connectivity index (χ2n) is 4.09. The molecule has 0 aliphatic heterocycles. The number of hydrogen-bond donors (Lipinski definition) is 1. The molecular formula is C14H10N4O2. The normalized spacial score (nSPS) is 10.4. The van der Waals surface area contributed by atoms with Crippen LogP contribution in [0.5, 0.6) is 0 Å². The maximum absolute atomic E-state index is 11.3. The van der Waals surface area contributed by atoms with Crippen molar-refractivity contribution in [2.75, 3.05) is 0 Å². The summed E-state index contributed by atoms with van der Waals surface area (Å²) in [4.78, 5) is 15.3. The Morgan fingerprint density at radius 3 is 2.65 bits per heavy atom. The summed E-state index contributed by atoms with van der Waals surface area (Å²) in [6, 6.07) is 10.8. The summed E-state index contributed by atoms with van der Waals surface area (Å²) in [5.41, 5.74) is 2.04. The average Bonchev–Trinajstić information content (AvgIpc) is 2.97. The average molecular weight is 266 g/mol. The maximum Gasteiger partial charge on any atom is 0.336 e. The highest BCUT2D eigenvalue weighted by molar-refractivity contribution is 5.95. The lowest BCUT2D eigenvalue weighted by atomic mass is 10.1. The standard InChI is InChI=1S/C14H10N4O2/c19-14(20)11-6-7-15-8-12(11)13-9-16-17-18(13)10-4-2-1-3-5-10/h1-9H,(H,19,20). The Balaban J connectivity index is 2.18. The minimum absolute atomic E-state index is 0.166. The van der Waals surface area contributed by atoms with Gasteiger partial charge in [-0.2, -0.15) is 0 Å². The number of carboxylic acids is 1. The van der Waals surface area contributed by atoms with Crippen molar-refractivity contribution in [3.8, 4) is 16.9 Å². The molecular weight excluding hydrogens is 256 g/mol. The zero-order chi connectivity index (χ0) is 13.9. The molecule has 2 aromatic heterocycles. The van der Waals surface area contributed by atoms with E-state index in [-0.39, 0.29) is 5.56 Å².